The standard InChI is InChI=1S/C10H18O5/c1-4-7-15-8(9(11)13-5-2)10(12)14-6-3/h8H,4-7H2,1-3H3. The third-order valence-corrected chi connectivity index (χ3v) is 1.49. The molecule has 0 rings (SSSR count). The summed E-state index contributed by atoms with van der Waals surface area (Å²) in [5, 5.41) is 0. The van der Waals surface area contributed by atoms with Crippen LogP contribution in [0, 0.1) is 0 Å². The van der Waals surface area contributed by atoms with Crippen LogP contribution in [0.1, 0.15) is 27.2 Å². The molecular formula is C10H18O5. The molecule has 0 atom stereocenters. The number of rotatable bonds is 7. The molecule has 0 amide bonds. The van der Waals surface area contributed by atoms with Gasteiger partial charge in [-0.25, -0.2) is 9.59 Å². The summed E-state index contributed by atoms with van der Waals surface area (Å²) >= 11 is 0. The summed E-state index contributed by atoms with van der Waals surface area (Å²) in [5.41, 5.74) is 0. The monoisotopic (exact) mass is 218 g/mol. The summed E-state index contributed by atoms with van der Waals surface area (Å²) < 4.78 is 14.5. The molecule has 0 radical (unpaired) electrons. The molecule has 15 heavy (non-hydrogen) atoms. The number of esters is 2. The normalized spacial score (nSPS) is 10.1. The molecule has 0 aliphatic carbocycles. The van der Waals surface area contributed by atoms with Gasteiger partial charge in [-0.3, -0.25) is 0 Å². The Morgan fingerprint density at radius 2 is 1.47 bits per heavy atom. The predicted molar refractivity (Wildman–Crippen MR) is 53.3 cm³/mol. The lowest BCUT2D eigenvalue weighted by Crippen LogP contribution is -2.36. The molecule has 0 fully saturated rings. The van der Waals surface area contributed by atoms with Crippen molar-refractivity contribution in [2.45, 2.75) is 33.3 Å². The van der Waals surface area contributed by atoms with Gasteiger partial charge in [0.05, 0.1) is 13.2 Å². The van der Waals surface area contributed by atoms with E-state index >= 15 is 0 Å². The van der Waals surface area contributed by atoms with Crippen LogP contribution in [0.4, 0.5) is 0 Å². The van der Waals surface area contributed by atoms with Gasteiger partial charge in [0.2, 0.25) is 0 Å². The van der Waals surface area contributed by atoms with E-state index in [2.05, 4.69) is 0 Å². The predicted octanol–water partition coefficient (Wildman–Crippen LogP) is 0.908. The van der Waals surface area contributed by atoms with Gasteiger partial charge in [0.1, 0.15) is 0 Å². The van der Waals surface area contributed by atoms with Gasteiger partial charge in [-0.1, -0.05) is 6.92 Å². The molecule has 0 aliphatic heterocycles. The topological polar surface area (TPSA) is 61.8 Å². The van der Waals surface area contributed by atoms with E-state index in [1.54, 1.807) is 13.8 Å². The Morgan fingerprint density at radius 1 is 1.00 bits per heavy atom. The van der Waals surface area contributed by atoms with Crippen LogP contribution in [0.2, 0.25) is 0 Å². The Hall–Kier alpha value is -1.10. The average Bonchev–Trinajstić information content (AvgIpc) is 2.19. The average molecular weight is 218 g/mol. The Morgan fingerprint density at radius 3 is 1.80 bits per heavy atom. The van der Waals surface area contributed by atoms with Crippen molar-refractivity contribution in [1.82, 2.24) is 0 Å². The van der Waals surface area contributed by atoms with Crippen molar-refractivity contribution < 1.29 is 23.8 Å². The molecule has 0 aromatic carbocycles. The van der Waals surface area contributed by atoms with Crippen LogP contribution in [-0.2, 0) is 23.8 Å². The van der Waals surface area contributed by atoms with E-state index in [1.807, 2.05) is 6.92 Å². The molecule has 0 saturated carbocycles. The maximum Gasteiger partial charge on any atom is 0.347 e. The van der Waals surface area contributed by atoms with Crippen molar-refractivity contribution in [3.8, 4) is 0 Å². The summed E-state index contributed by atoms with van der Waals surface area (Å²) in [6.45, 7) is 5.96. The minimum Gasteiger partial charge on any atom is -0.464 e. The fourth-order valence-electron chi connectivity index (χ4n) is 0.904. The molecular weight excluding hydrogens is 200 g/mol. The molecule has 0 aliphatic rings. The summed E-state index contributed by atoms with van der Waals surface area (Å²) in [7, 11) is 0. The van der Waals surface area contributed by atoms with Crippen molar-refractivity contribution in [1.29, 1.82) is 0 Å². The largest absolute Gasteiger partial charge is 0.464 e. The summed E-state index contributed by atoms with van der Waals surface area (Å²) in [6.07, 6.45) is -0.528. The maximum atomic E-state index is 11.3. The highest BCUT2D eigenvalue weighted by Gasteiger charge is 2.30. The number of ether oxygens (including phenoxy) is 3. The molecule has 0 aromatic rings. The van der Waals surface area contributed by atoms with Crippen LogP contribution in [0.25, 0.3) is 0 Å². The van der Waals surface area contributed by atoms with Crippen molar-refractivity contribution in [3.63, 3.8) is 0 Å². The highest BCUT2D eigenvalue weighted by atomic mass is 16.6. The van der Waals surface area contributed by atoms with Gasteiger partial charge >= 0.3 is 11.9 Å². The van der Waals surface area contributed by atoms with Gasteiger partial charge < -0.3 is 14.2 Å². The SMILES string of the molecule is CCCOC(C(=O)OCC)C(=O)OCC. The lowest BCUT2D eigenvalue weighted by molar-refractivity contribution is -0.172. The summed E-state index contributed by atoms with van der Waals surface area (Å²) in [5.74, 6) is -1.38. The van der Waals surface area contributed by atoms with E-state index < -0.39 is 18.0 Å². The first-order valence-corrected chi connectivity index (χ1v) is 5.12. The second-order valence-corrected chi connectivity index (χ2v) is 2.75. The summed E-state index contributed by atoms with van der Waals surface area (Å²) in [4.78, 5) is 22.6. The number of carbonyl (C=O) groups is 2. The molecule has 0 N–H and O–H groups in total. The smallest absolute Gasteiger partial charge is 0.347 e. The molecule has 0 spiro atoms. The maximum absolute atomic E-state index is 11.3. The zero-order chi connectivity index (χ0) is 11.7. The fraction of sp³-hybridized carbons (Fsp3) is 0.800. The number of hydrogen-bond donors (Lipinski definition) is 0. The quantitative estimate of drug-likeness (QED) is 0.469. The molecule has 5 heteroatoms. The minimum absolute atomic E-state index is 0.213. The fourth-order valence-corrected chi connectivity index (χ4v) is 0.904. The Bertz CT molecular complexity index is 184. The molecule has 88 valence electrons. The number of carbonyl (C=O) groups excluding carboxylic acids is 2. The van der Waals surface area contributed by atoms with Crippen molar-refractivity contribution in [2.75, 3.05) is 19.8 Å². The Kier molecular flexibility index (Phi) is 7.62. The third kappa shape index (κ3) is 5.37. The van der Waals surface area contributed by atoms with E-state index in [0.717, 1.165) is 6.42 Å². The van der Waals surface area contributed by atoms with Gasteiger partial charge in [0, 0.05) is 6.61 Å². The highest BCUT2D eigenvalue weighted by molar-refractivity contribution is 5.98. The van der Waals surface area contributed by atoms with E-state index in [0.29, 0.717) is 6.61 Å². The van der Waals surface area contributed by atoms with Crippen molar-refractivity contribution in [2.24, 2.45) is 0 Å². The second-order valence-electron chi connectivity index (χ2n) is 2.75. The van der Waals surface area contributed by atoms with Crippen molar-refractivity contribution >= 4 is 11.9 Å². The van der Waals surface area contributed by atoms with Gasteiger partial charge in [-0.15, -0.1) is 0 Å². The van der Waals surface area contributed by atoms with E-state index in [9.17, 15) is 9.59 Å². The first-order valence-electron chi connectivity index (χ1n) is 5.12. The van der Waals surface area contributed by atoms with Crippen LogP contribution < -0.4 is 0 Å². The lowest BCUT2D eigenvalue weighted by Gasteiger charge is -2.14. The van der Waals surface area contributed by atoms with Gasteiger partial charge in [-0.2, -0.15) is 0 Å². The van der Waals surface area contributed by atoms with Crippen molar-refractivity contribution in [3.05, 3.63) is 0 Å². The Balaban J connectivity index is 4.28. The first kappa shape index (κ1) is 13.9. The van der Waals surface area contributed by atoms with Crippen LogP contribution >= 0.6 is 0 Å². The van der Waals surface area contributed by atoms with Crippen LogP contribution in [0.15, 0.2) is 0 Å². The molecule has 0 aromatic heterocycles. The zero-order valence-corrected chi connectivity index (χ0v) is 9.45. The van der Waals surface area contributed by atoms with Crippen LogP contribution in [-0.4, -0.2) is 37.9 Å². The lowest BCUT2D eigenvalue weighted by atomic mass is 10.3. The molecule has 0 unspecified atom stereocenters. The van der Waals surface area contributed by atoms with Crippen LogP contribution in [0.3, 0.4) is 0 Å². The molecule has 0 heterocycles. The summed E-state index contributed by atoms with van der Waals surface area (Å²) in [6, 6.07) is 0. The second kappa shape index (κ2) is 8.23. The first-order chi connectivity index (χ1) is 7.17. The van der Waals surface area contributed by atoms with E-state index in [1.165, 1.54) is 0 Å². The van der Waals surface area contributed by atoms with E-state index in [-0.39, 0.29) is 13.2 Å². The Labute approximate surface area is 89.7 Å². The van der Waals surface area contributed by atoms with Gasteiger partial charge in [-0.05, 0) is 20.3 Å². The number of hydrogen-bond acceptors (Lipinski definition) is 5. The minimum atomic E-state index is -1.25. The molecule has 0 bridgehead atoms. The highest BCUT2D eigenvalue weighted by Crippen LogP contribution is 2.01. The van der Waals surface area contributed by atoms with Gasteiger partial charge in [0.15, 0.2) is 0 Å². The zero-order valence-electron chi connectivity index (χ0n) is 9.45. The van der Waals surface area contributed by atoms with Crippen LogP contribution in [0.5, 0.6) is 0 Å². The molecule has 0 saturated heterocycles. The molecule has 5 nitrogen and oxygen atoms in total. The van der Waals surface area contributed by atoms with E-state index in [4.69, 9.17) is 14.2 Å². The van der Waals surface area contributed by atoms with Gasteiger partial charge in [0.25, 0.3) is 6.10 Å². The third-order valence-electron chi connectivity index (χ3n) is 1.49.